The van der Waals surface area contributed by atoms with Crippen LogP contribution in [0.5, 0.6) is 5.75 Å². The Morgan fingerprint density at radius 1 is 1.12 bits per heavy atom. The van der Waals surface area contributed by atoms with E-state index in [0.717, 1.165) is 37.4 Å². The smallest absolute Gasteiger partial charge is 0.223 e. The number of carbonyl (C=O) groups is 1. The molecule has 0 spiro atoms. The molecule has 138 valence electrons. The minimum atomic E-state index is 0.207. The SMILES string of the molecule is Cc1ccc(C)c(OC2CCN(C(=O)CCSc3ccccc3)CC2)c1. The molecule has 4 heteroatoms. The van der Waals surface area contributed by atoms with E-state index in [2.05, 4.69) is 44.2 Å². The number of nitrogens with zero attached hydrogens (tertiary/aromatic N) is 1. The maximum Gasteiger partial charge on any atom is 0.223 e. The molecule has 1 aliphatic rings. The number of rotatable bonds is 6. The van der Waals surface area contributed by atoms with Crippen molar-refractivity contribution in [2.45, 2.75) is 44.1 Å². The molecule has 0 aliphatic carbocycles. The molecule has 1 saturated heterocycles. The summed E-state index contributed by atoms with van der Waals surface area (Å²) in [6, 6.07) is 16.6. The Morgan fingerprint density at radius 3 is 2.58 bits per heavy atom. The summed E-state index contributed by atoms with van der Waals surface area (Å²) < 4.78 is 6.19. The molecular weight excluding hydrogens is 342 g/mol. The van der Waals surface area contributed by atoms with Crippen LogP contribution in [0, 0.1) is 13.8 Å². The minimum Gasteiger partial charge on any atom is -0.490 e. The lowest BCUT2D eigenvalue weighted by atomic mass is 10.1. The molecule has 0 radical (unpaired) electrons. The molecule has 0 N–H and O–H groups in total. The molecule has 3 nitrogen and oxygen atoms in total. The van der Waals surface area contributed by atoms with Gasteiger partial charge in [0, 0.05) is 43.0 Å². The molecule has 3 rings (SSSR count). The van der Waals surface area contributed by atoms with Gasteiger partial charge in [-0.15, -0.1) is 11.8 Å². The van der Waals surface area contributed by atoms with Crippen LogP contribution in [0.25, 0.3) is 0 Å². The Bertz CT molecular complexity index is 724. The van der Waals surface area contributed by atoms with Gasteiger partial charge in [-0.2, -0.15) is 0 Å². The number of hydrogen-bond acceptors (Lipinski definition) is 3. The predicted octanol–water partition coefficient (Wildman–Crippen LogP) is 4.86. The average Bonchev–Trinajstić information content (AvgIpc) is 2.66. The first kappa shape index (κ1) is 18.8. The Labute approximate surface area is 160 Å². The van der Waals surface area contributed by atoms with Crippen LogP contribution in [0.15, 0.2) is 53.4 Å². The van der Waals surface area contributed by atoms with E-state index in [4.69, 9.17) is 4.74 Å². The predicted molar refractivity (Wildman–Crippen MR) is 108 cm³/mol. The highest BCUT2D eigenvalue weighted by molar-refractivity contribution is 7.99. The van der Waals surface area contributed by atoms with Gasteiger partial charge in [0.1, 0.15) is 11.9 Å². The highest BCUT2D eigenvalue weighted by Crippen LogP contribution is 2.24. The van der Waals surface area contributed by atoms with Crippen LogP contribution in [0.2, 0.25) is 0 Å². The van der Waals surface area contributed by atoms with Crippen LogP contribution in [0.3, 0.4) is 0 Å². The second kappa shape index (κ2) is 9.13. The summed E-state index contributed by atoms with van der Waals surface area (Å²) >= 11 is 1.75. The van der Waals surface area contributed by atoms with Crippen molar-refractivity contribution >= 4 is 17.7 Å². The molecule has 0 saturated carbocycles. The van der Waals surface area contributed by atoms with Crippen LogP contribution in [0.4, 0.5) is 0 Å². The highest BCUT2D eigenvalue weighted by Gasteiger charge is 2.24. The van der Waals surface area contributed by atoms with Crippen molar-refractivity contribution in [1.82, 2.24) is 4.90 Å². The van der Waals surface area contributed by atoms with Crippen molar-refractivity contribution in [3.05, 3.63) is 59.7 Å². The molecule has 2 aromatic carbocycles. The summed E-state index contributed by atoms with van der Waals surface area (Å²) in [6.07, 6.45) is 2.62. The number of amides is 1. The molecule has 1 fully saturated rings. The van der Waals surface area contributed by atoms with Gasteiger partial charge in [-0.25, -0.2) is 0 Å². The summed E-state index contributed by atoms with van der Waals surface area (Å²) in [6.45, 7) is 5.76. The fourth-order valence-electron chi connectivity index (χ4n) is 3.17. The molecule has 1 heterocycles. The number of likely N-dealkylation sites (tertiary alicyclic amines) is 1. The maximum atomic E-state index is 12.4. The number of carbonyl (C=O) groups excluding carboxylic acids is 1. The van der Waals surface area contributed by atoms with Crippen LogP contribution in [-0.2, 0) is 4.79 Å². The topological polar surface area (TPSA) is 29.5 Å². The van der Waals surface area contributed by atoms with Crippen molar-refractivity contribution < 1.29 is 9.53 Å². The summed E-state index contributed by atoms with van der Waals surface area (Å²) in [4.78, 5) is 15.6. The molecule has 1 amide bonds. The largest absolute Gasteiger partial charge is 0.490 e. The van der Waals surface area contributed by atoms with Gasteiger partial charge in [0.25, 0.3) is 0 Å². The third-order valence-electron chi connectivity index (χ3n) is 4.76. The third-order valence-corrected chi connectivity index (χ3v) is 5.77. The lowest BCUT2D eigenvalue weighted by Gasteiger charge is -2.32. The zero-order valence-corrected chi connectivity index (χ0v) is 16.4. The zero-order valence-electron chi connectivity index (χ0n) is 15.6. The van der Waals surface area contributed by atoms with Gasteiger partial charge >= 0.3 is 0 Å². The van der Waals surface area contributed by atoms with E-state index in [-0.39, 0.29) is 12.0 Å². The van der Waals surface area contributed by atoms with Gasteiger partial charge < -0.3 is 9.64 Å². The Balaban J connectivity index is 1.41. The quantitative estimate of drug-likeness (QED) is 0.681. The number of hydrogen-bond donors (Lipinski definition) is 0. The van der Waals surface area contributed by atoms with Gasteiger partial charge in [-0.05, 0) is 43.2 Å². The number of benzene rings is 2. The summed E-state index contributed by atoms with van der Waals surface area (Å²) in [5.74, 6) is 2.08. The number of ether oxygens (including phenoxy) is 1. The molecule has 0 aromatic heterocycles. The number of piperidine rings is 1. The summed E-state index contributed by atoms with van der Waals surface area (Å²) in [7, 11) is 0. The summed E-state index contributed by atoms with van der Waals surface area (Å²) in [5, 5.41) is 0. The van der Waals surface area contributed by atoms with E-state index < -0.39 is 0 Å². The van der Waals surface area contributed by atoms with Crippen LogP contribution >= 0.6 is 11.8 Å². The van der Waals surface area contributed by atoms with E-state index in [0.29, 0.717) is 6.42 Å². The van der Waals surface area contributed by atoms with Crippen molar-refractivity contribution in [2.24, 2.45) is 0 Å². The van der Waals surface area contributed by atoms with Gasteiger partial charge in [0.2, 0.25) is 5.91 Å². The lowest BCUT2D eigenvalue weighted by molar-refractivity contribution is -0.132. The fraction of sp³-hybridized carbons (Fsp3) is 0.409. The lowest BCUT2D eigenvalue weighted by Crippen LogP contribution is -2.41. The molecule has 0 atom stereocenters. The zero-order chi connectivity index (χ0) is 18.4. The molecular formula is C22H27NO2S. The van der Waals surface area contributed by atoms with Gasteiger partial charge in [0.05, 0.1) is 0 Å². The van der Waals surface area contributed by atoms with Crippen LogP contribution in [0.1, 0.15) is 30.4 Å². The van der Waals surface area contributed by atoms with Crippen molar-refractivity contribution in [3.63, 3.8) is 0 Å². The van der Waals surface area contributed by atoms with E-state index in [1.807, 2.05) is 23.1 Å². The van der Waals surface area contributed by atoms with Crippen molar-refractivity contribution in [3.8, 4) is 5.75 Å². The monoisotopic (exact) mass is 369 g/mol. The van der Waals surface area contributed by atoms with E-state index >= 15 is 0 Å². The number of thioether (sulfide) groups is 1. The first-order valence-corrected chi connectivity index (χ1v) is 10.3. The highest BCUT2D eigenvalue weighted by atomic mass is 32.2. The second-order valence-corrected chi connectivity index (χ2v) is 8.05. The first-order valence-electron chi connectivity index (χ1n) is 9.31. The molecule has 0 unspecified atom stereocenters. The Kier molecular flexibility index (Phi) is 6.62. The minimum absolute atomic E-state index is 0.207. The fourth-order valence-corrected chi connectivity index (χ4v) is 4.03. The van der Waals surface area contributed by atoms with E-state index in [1.54, 1.807) is 11.8 Å². The molecule has 2 aromatic rings. The third kappa shape index (κ3) is 5.28. The Hall–Kier alpha value is -1.94. The molecule has 26 heavy (non-hydrogen) atoms. The Morgan fingerprint density at radius 2 is 1.85 bits per heavy atom. The van der Waals surface area contributed by atoms with Crippen molar-refractivity contribution in [1.29, 1.82) is 0 Å². The van der Waals surface area contributed by atoms with Crippen LogP contribution in [-0.4, -0.2) is 35.8 Å². The van der Waals surface area contributed by atoms with E-state index in [1.165, 1.54) is 16.0 Å². The van der Waals surface area contributed by atoms with Gasteiger partial charge in [0.15, 0.2) is 0 Å². The molecule has 1 aliphatic heterocycles. The standard InChI is InChI=1S/C22H27NO2S/c1-17-8-9-18(2)21(16-17)25-19-10-13-23(14-11-19)22(24)12-15-26-20-6-4-3-5-7-20/h3-9,16,19H,10-15H2,1-2H3. The number of aryl methyl sites for hydroxylation is 2. The van der Waals surface area contributed by atoms with Gasteiger partial charge in [-0.1, -0.05) is 30.3 Å². The maximum absolute atomic E-state index is 12.4. The first-order chi connectivity index (χ1) is 12.6. The summed E-state index contributed by atoms with van der Waals surface area (Å²) in [5.41, 5.74) is 2.39. The van der Waals surface area contributed by atoms with Gasteiger partial charge in [-0.3, -0.25) is 4.79 Å². The second-order valence-electron chi connectivity index (χ2n) is 6.88. The average molecular weight is 370 g/mol. The van der Waals surface area contributed by atoms with Crippen molar-refractivity contribution in [2.75, 3.05) is 18.8 Å². The molecule has 0 bridgehead atoms. The van der Waals surface area contributed by atoms with E-state index in [9.17, 15) is 4.79 Å². The normalized spacial score (nSPS) is 15.1. The van der Waals surface area contributed by atoms with Crippen LogP contribution < -0.4 is 4.74 Å².